The standard InChI is InChI=1S/C19H34N4O3S2/c24-16(20-10-5-1-2-6-11-21-17(25)9-12-27)8-4-3-7-15-18-14(13-28-15)22-19(26)23-18/h14-15,18,27H,1-13H2,(H,20,24)(H,21,25)(H2,22,23,26). The first kappa shape index (κ1) is 23.2. The van der Waals surface area contributed by atoms with Crippen molar-refractivity contribution in [3.63, 3.8) is 0 Å². The van der Waals surface area contributed by atoms with Crippen molar-refractivity contribution in [1.82, 2.24) is 21.3 Å². The van der Waals surface area contributed by atoms with Crippen molar-refractivity contribution in [2.75, 3.05) is 24.6 Å². The molecule has 160 valence electrons. The van der Waals surface area contributed by atoms with Gasteiger partial charge in [0.05, 0.1) is 12.1 Å². The number of urea groups is 1. The summed E-state index contributed by atoms with van der Waals surface area (Å²) in [6, 6.07) is 0.482. The zero-order chi connectivity index (χ0) is 20.2. The van der Waals surface area contributed by atoms with Crippen LogP contribution < -0.4 is 21.3 Å². The fourth-order valence-corrected chi connectivity index (χ4v) is 5.36. The molecular weight excluding hydrogens is 396 g/mol. The number of carbonyl (C=O) groups excluding carboxylic acids is 3. The average molecular weight is 431 g/mol. The van der Waals surface area contributed by atoms with Crippen LogP contribution in [-0.4, -0.2) is 59.8 Å². The van der Waals surface area contributed by atoms with E-state index in [2.05, 4.69) is 33.9 Å². The maximum absolute atomic E-state index is 11.9. The third-order valence-corrected chi connectivity index (χ3v) is 6.90. The molecule has 2 saturated heterocycles. The third-order valence-electron chi connectivity index (χ3n) is 5.17. The molecule has 2 fully saturated rings. The Bertz CT molecular complexity index is 521. The van der Waals surface area contributed by atoms with E-state index in [1.54, 1.807) is 0 Å². The van der Waals surface area contributed by atoms with Crippen LogP contribution >= 0.6 is 24.4 Å². The molecule has 2 rings (SSSR count). The van der Waals surface area contributed by atoms with Crippen molar-refractivity contribution in [2.24, 2.45) is 0 Å². The summed E-state index contributed by atoms with van der Waals surface area (Å²) in [5, 5.41) is 12.3. The van der Waals surface area contributed by atoms with Gasteiger partial charge in [-0.05, 0) is 31.4 Å². The van der Waals surface area contributed by atoms with Gasteiger partial charge in [-0.25, -0.2) is 4.79 Å². The second-order valence-corrected chi connectivity index (χ2v) is 9.17. The third kappa shape index (κ3) is 8.51. The number of thioether (sulfide) groups is 1. The molecule has 0 aromatic rings. The van der Waals surface area contributed by atoms with Crippen LogP contribution in [0.2, 0.25) is 0 Å². The summed E-state index contributed by atoms with van der Waals surface area (Å²) in [6.45, 7) is 1.45. The molecule has 0 radical (unpaired) electrons. The van der Waals surface area contributed by atoms with E-state index in [9.17, 15) is 14.4 Å². The van der Waals surface area contributed by atoms with Crippen molar-refractivity contribution in [1.29, 1.82) is 0 Å². The molecule has 9 heteroatoms. The molecular formula is C19H34N4O3S2. The summed E-state index contributed by atoms with van der Waals surface area (Å²) in [5.74, 6) is 1.77. The molecule has 7 nitrogen and oxygen atoms in total. The molecule has 2 aliphatic rings. The zero-order valence-corrected chi connectivity index (χ0v) is 18.2. The van der Waals surface area contributed by atoms with Crippen molar-refractivity contribution in [3.8, 4) is 0 Å². The van der Waals surface area contributed by atoms with E-state index in [1.165, 1.54) is 0 Å². The number of fused-ring (bicyclic) bond motifs is 1. The van der Waals surface area contributed by atoms with Crippen molar-refractivity contribution >= 4 is 42.2 Å². The number of hydrogen-bond donors (Lipinski definition) is 5. The van der Waals surface area contributed by atoms with Gasteiger partial charge in [-0.15, -0.1) is 0 Å². The summed E-state index contributed by atoms with van der Waals surface area (Å²) in [7, 11) is 0. The average Bonchev–Trinajstić information content (AvgIpc) is 3.20. The van der Waals surface area contributed by atoms with Crippen LogP contribution in [-0.2, 0) is 9.59 Å². The topological polar surface area (TPSA) is 99.3 Å². The van der Waals surface area contributed by atoms with Crippen molar-refractivity contribution in [2.45, 2.75) is 75.1 Å². The Morgan fingerprint density at radius 2 is 1.64 bits per heavy atom. The van der Waals surface area contributed by atoms with Gasteiger partial charge in [0.2, 0.25) is 11.8 Å². The Balaban J connectivity index is 1.37. The van der Waals surface area contributed by atoms with Crippen molar-refractivity contribution < 1.29 is 14.4 Å². The molecule has 2 heterocycles. The molecule has 0 bridgehead atoms. The Kier molecular flexibility index (Phi) is 10.9. The maximum atomic E-state index is 11.9. The van der Waals surface area contributed by atoms with Gasteiger partial charge in [-0.2, -0.15) is 24.4 Å². The number of rotatable bonds is 14. The molecule has 0 aromatic carbocycles. The quantitative estimate of drug-likeness (QED) is 0.165. The Morgan fingerprint density at radius 1 is 0.964 bits per heavy atom. The molecule has 0 spiro atoms. The lowest BCUT2D eigenvalue weighted by Crippen LogP contribution is -2.36. The van der Waals surface area contributed by atoms with Gasteiger partial charge in [0.15, 0.2) is 0 Å². The van der Waals surface area contributed by atoms with Crippen LogP contribution in [0.5, 0.6) is 0 Å². The number of nitrogens with one attached hydrogen (secondary N) is 4. The first-order valence-corrected chi connectivity index (χ1v) is 12.1. The summed E-state index contributed by atoms with van der Waals surface area (Å²) in [4.78, 5) is 34.5. The zero-order valence-electron chi connectivity index (χ0n) is 16.5. The first-order chi connectivity index (χ1) is 13.6. The van der Waals surface area contributed by atoms with Crippen LogP contribution in [0.4, 0.5) is 4.79 Å². The van der Waals surface area contributed by atoms with Crippen LogP contribution in [0.1, 0.15) is 57.8 Å². The molecule has 2 aliphatic heterocycles. The minimum Gasteiger partial charge on any atom is -0.356 e. The molecule has 0 saturated carbocycles. The Hall–Kier alpha value is -1.09. The smallest absolute Gasteiger partial charge is 0.315 e. The highest BCUT2D eigenvalue weighted by atomic mass is 32.2. The molecule has 0 aromatic heterocycles. The predicted molar refractivity (Wildman–Crippen MR) is 117 cm³/mol. The van der Waals surface area contributed by atoms with E-state index < -0.39 is 0 Å². The van der Waals surface area contributed by atoms with Gasteiger partial charge in [-0.1, -0.05) is 19.3 Å². The maximum Gasteiger partial charge on any atom is 0.315 e. The Labute approximate surface area is 177 Å². The van der Waals surface area contributed by atoms with E-state index in [1.807, 2.05) is 11.8 Å². The summed E-state index contributed by atoms with van der Waals surface area (Å²) >= 11 is 5.95. The highest BCUT2D eigenvalue weighted by Crippen LogP contribution is 2.33. The van der Waals surface area contributed by atoms with Gasteiger partial charge >= 0.3 is 6.03 Å². The Morgan fingerprint density at radius 3 is 2.32 bits per heavy atom. The van der Waals surface area contributed by atoms with E-state index in [-0.39, 0.29) is 29.9 Å². The minimum atomic E-state index is -0.0436. The lowest BCUT2D eigenvalue weighted by molar-refractivity contribution is -0.121. The lowest BCUT2D eigenvalue weighted by atomic mass is 10.0. The van der Waals surface area contributed by atoms with Crippen LogP contribution in [0.15, 0.2) is 0 Å². The highest BCUT2D eigenvalue weighted by molar-refractivity contribution is 8.00. The second kappa shape index (κ2) is 13.2. The van der Waals surface area contributed by atoms with Crippen LogP contribution in [0.3, 0.4) is 0 Å². The second-order valence-electron chi connectivity index (χ2n) is 7.46. The monoisotopic (exact) mass is 430 g/mol. The molecule has 3 unspecified atom stereocenters. The number of carbonyl (C=O) groups is 3. The van der Waals surface area contributed by atoms with Crippen LogP contribution in [0.25, 0.3) is 0 Å². The fourth-order valence-electron chi connectivity index (χ4n) is 3.61. The number of thiol groups is 1. The van der Waals surface area contributed by atoms with Crippen LogP contribution in [0, 0.1) is 0 Å². The van der Waals surface area contributed by atoms with Gasteiger partial charge in [0, 0.05) is 36.9 Å². The number of amides is 4. The van der Waals surface area contributed by atoms with Gasteiger partial charge < -0.3 is 21.3 Å². The van der Waals surface area contributed by atoms with Gasteiger partial charge in [0.1, 0.15) is 0 Å². The molecule has 3 atom stereocenters. The van der Waals surface area contributed by atoms with Gasteiger partial charge in [0.25, 0.3) is 0 Å². The number of hydrogen-bond acceptors (Lipinski definition) is 5. The first-order valence-electron chi connectivity index (χ1n) is 10.4. The van der Waals surface area contributed by atoms with Gasteiger partial charge in [-0.3, -0.25) is 9.59 Å². The van der Waals surface area contributed by atoms with E-state index in [4.69, 9.17) is 0 Å². The van der Waals surface area contributed by atoms with Crippen molar-refractivity contribution in [3.05, 3.63) is 0 Å². The van der Waals surface area contributed by atoms with E-state index in [0.717, 1.165) is 63.8 Å². The molecule has 28 heavy (non-hydrogen) atoms. The highest BCUT2D eigenvalue weighted by Gasteiger charge is 2.42. The fraction of sp³-hybridized carbons (Fsp3) is 0.842. The summed E-state index contributed by atoms with van der Waals surface area (Å²) in [5.41, 5.74) is 0. The van der Waals surface area contributed by atoms with E-state index in [0.29, 0.717) is 23.8 Å². The number of unbranched alkanes of at least 4 members (excludes halogenated alkanes) is 4. The van der Waals surface area contributed by atoms with E-state index >= 15 is 0 Å². The molecule has 0 aliphatic carbocycles. The lowest BCUT2D eigenvalue weighted by Gasteiger charge is -2.16. The minimum absolute atomic E-state index is 0.0436. The molecule has 4 N–H and O–H groups in total. The normalized spacial score (nSPS) is 23.0. The molecule has 4 amide bonds. The largest absolute Gasteiger partial charge is 0.356 e. The summed E-state index contributed by atoms with van der Waals surface area (Å²) < 4.78 is 0. The predicted octanol–water partition coefficient (Wildman–Crippen LogP) is 1.82. The SMILES string of the molecule is O=C(CCS)NCCCCCCNC(=O)CCCCC1SCC2NC(=O)NC21. The summed E-state index contributed by atoms with van der Waals surface area (Å²) in [6.07, 6.45) is 8.08.